The van der Waals surface area contributed by atoms with Crippen molar-refractivity contribution in [2.24, 2.45) is 0 Å². The second-order valence-electron chi connectivity index (χ2n) is 7.40. The number of aryl methyl sites for hydroxylation is 2. The Morgan fingerprint density at radius 2 is 2.18 bits per heavy atom. The summed E-state index contributed by atoms with van der Waals surface area (Å²) in [6, 6.07) is 1.70. The zero-order valence-corrected chi connectivity index (χ0v) is 16.9. The molecule has 2 aromatic heterocycles. The highest BCUT2D eigenvalue weighted by Crippen LogP contribution is 2.19. The summed E-state index contributed by atoms with van der Waals surface area (Å²) in [6.45, 7) is 3.73. The molecule has 9 heteroatoms. The van der Waals surface area contributed by atoms with Crippen molar-refractivity contribution >= 4 is 5.91 Å². The first kappa shape index (κ1) is 20.1. The van der Waals surface area contributed by atoms with Gasteiger partial charge in [-0.1, -0.05) is 0 Å². The lowest BCUT2D eigenvalue weighted by Gasteiger charge is -2.17. The third kappa shape index (κ3) is 4.41. The molecule has 0 saturated carbocycles. The predicted molar refractivity (Wildman–Crippen MR) is 105 cm³/mol. The second kappa shape index (κ2) is 8.55. The number of nitrogens with zero attached hydrogens (tertiary/aromatic N) is 5. The first-order valence-electron chi connectivity index (χ1n) is 9.51. The van der Waals surface area contributed by atoms with E-state index in [9.17, 15) is 9.59 Å². The minimum absolute atomic E-state index is 0.0259. The molecule has 1 aliphatic rings. The van der Waals surface area contributed by atoms with Crippen LogP contribution in [-0.4, -0.2) is 63.9 Å². The lowest BCUT2D eigenvalue weighted by atomic mass is 10.1. The third-order valence-corrected chi connectivity index (χ3v) is 4.98. The van der Waals surface area contributed by atoms with Gasteiger partial charge >= 0.3 is 5.69 Å². The Morgan fingerprint density at radius 3 is 2.89 bits per heavy atom. The Labute approximate surface area is 164 Å². The van der Waals surface area contributed by atoms with Crippen LogP contribution < -0.4 is 15.7 Å². The van der Waals surface area contributed by atoms with Crippen LogP contribution in [0, 0.1) is 6.92 Å². The van der Waals surface area contributed by atoms with Crippen LogP contribution in [0.15, 0.2) is 17.1 Å². The topological polar surface area (TPSA) is 94.3 Å². The fourth-order valence-electron chi connectivity index (χ4n) is 3.36. The monoisotopic (exact) mass is 388 g/mol. The van der Waals surface area contributed by atoms with Crippen LogP contribution in [0.1, 0.15) is 34.7 Å². The van der Waals surface area contributed by atoms with Gasteiger partial charge in [0.15, 0.2) is 0 Å². The number of amides is 1. The molecular weight excluding hydrogens is 360 g/mol. The van der Waals surface area contributed by atoms with Crippen LogP contribution in [0.5, 0.6) is 5.75 Å². The summed E-state index contributed by atoms with van der Waals surface area (Å²) in [6.07, 6.45) is 3.64. The van der Waals surface area contributed by atoms with E-state index in [-0.39, 0.29) is 17.6 Å². The fourth-order valence-corrected chi connectivity index (χ4v) is 3.36. The van der Waals surface area contributed by atoms with Gasteiger partial charge in [-0.3, -0.25) is 14.3 Å². The predicted octanol–water partition coefficient (Wildman–Crippen LogP) is 0.453. The molecule has 3 heterocycles. The van der Waals surface area contributed by atoms with Crippen molar-refractivity contribution in [1.82, 2.24) is 29.5 Å². The van der Waals surface area contributed by atoms with E-state index in [0.717, 1.165) is 24.5 Å². The second-order valence-corrected chi connectivity index (χ2v) is 7.40. The first-order chi connectivity index (χ1) is 13.4. The minimum Gasteiger partial charge on any atom is -0.494 e. The number of aromatic nitrogens is 4. The number of ether oxygens (including phenoxy) is 1. The van der Waals surface area contributed by atoms with E-state index in [4.69, 9.17) is 4.74 Å². The molecular formula is C19H28N6O3. The number of rotatable bonds is 6. The summed E-state index contributed by atoms with van der Waals surface area (Å²) in [4.78, 5) is 31.5. The number of carbonyl (C=O) groups excluding carboxylic acids is 1. The Morgan fingerprint density at radius 1 is 1.39 bits per heavy atom. The zero-order chi connectivity index (χ0) is 20.3. The molecule has 1 aliphatic heterocycles. The molecule has 1 atom stereocenters. The molecule has 0 bridgehead atoms. The van der Waals surface area contributed by atoms with Gasteiger partial charge in [0.05, 0.1) is 25.4 Å². The summed E-state index contributed by atoms with van der Waals surface area (Å²) >= 11 is 0. The molecule has 1 amide bonds. The highest BCUT2D eigenvalue weighted by molar-refractivity contribution is 5.97. The van der Waals surface area contributed by atoms with Crippen LogP contribution >= 0.6 is 0 Å². The zero-order valence-electron chi connectivity index (χ0n) is 16.9. The summed E-state index contributed by atoms with van der Waals surface area (Å²) in [5.74, 6) is 1.06. The van der Waals surface area contributed by atoms with Gasteiger partial charge in [-0.25, -0.2) is 9.48 Å². The van der Waals surface area contributed by atoms with Crippen molar-refractivity contribution in [2.45, 2.75) is 45.3 Å². The molecule has 0 fully saturated rings. The maximum absolute atomic E-state index is 12.7. The van der Waals surface area contributed by atoms with E-state index in [2.05, 4.69) is 15.4 Å². The van der Waals surface area contributed by atoms with Crippen molar-refractivity contribution in [2.75, 3.05) is 27.7 Å². The molecule has 0 radical (unpaired) electrons. The summed E-state index contributed by atoms with van der Waals surface area (Å²) < 4.78 is 8.53. The van der Waals surface area contributed by atoms with Gasteiger partial charge in [-0.15, -0.1) is 0 Å². The Bertz CT molecular complexity index is 902. The maximum atomic E-state index is 12.7. The smallest absolute Gasteiger partial charge is 0.345 e. The molecule has 0 aliphatic carbocycles. The van der Waals surface area contributed by atoms with Crippen LogP contribution in [0.25, 0.3) is 0 Å². The van der Waals surface area contributed by atoms with Gasteiger partial charge in [0.25, 0.3) is 5.91 Å². The molecule has 0 aromatic carbocycles. The van der Waals surface area contributed by atoms with Crippen LogP contribution in [0.2, 0.25) is 0 Å². The molecule has 28 heavy (non-hydrogen) atoms. The summed E-state index contributed by atoms with van der Waals surface area (Å²) in [5, 5.41) is 7.57. The van der Waals surface area contributed by atoms with E-state index >= 15 is 0 Å². The van der Waals surface area contributed by atoms with E-state index < -0.39 is 0 Å². The van der Waals surface area contributed by atoms with Gasteiger partial charge in [0.2, 0.25) is 0 Å². The molecule has 1 N–H and O–H groups in total. The van der Waals surface area contributed by atoms with Crippen molar-refractivity contribution in [1.29, 1.82) is 0 Å². The molecule has 0 saturated heterocycles. The number of fused-ring (bicyclic) bond motifs is 1. The molecule has 3 rings (SSSR count). The van der Waals surface area contributed by atoms with Crippen molar-refractivity contribution < 1.29 is 9.53 Å². The highest BCUT2D eigenvalue weighted by atomic mass is 16.5. The number of carbonyl (C=O) groups is 1. The van der Waals surface area contributed by atoms with Gasteiger partial charge in [0, 0.05) is 31.2 Å². The number of methoxy groups -OCH3 is 1. The van der Waals surface area contributed by atoms with Gasteiger partial charge in [-0.2, -0.15) is 5.10 Å². The average Bonchev–Trinajstić information content (AvgIpc) is 2.83. The molecule has 2 aromatic rings. The molecule has 0 spiro atoms. The SMILES string of the molecule is COc1cnc(C)cc1C(=O)NC1CCc2nn(CCN(C)C)c(=O)n2CC1. The van der Waals surface area contributed by atoms with Gasteiger partial charge < -0.3 is 15.0 Å². The Kier molecular flexibility index (Phi) is 6.13. The fraction of sp³-hybridized carbons (Fsp3) is 0.579. The number of hydrogen-bond donors (Lipinski definition) is 1. The Balaban J connectivity index is 1.67. The minimum atomic E-state index is -0.185. The van der Waals surface area contributed by atoms with Gasteiger partial charge in [0.1, 0.15) is 11.6 Å². The summed E-state index contributed by atoms with van der Waals surface area (Å²) in [7, 11) is 5.46. The standard InChI is InChI=1S/C19H28N6O3/c1-13-11-15(16(28-4)12-20-13)18(26)21-14-5-6-17-22-25(10-9-23(2)3)19(27)24(17)8-7-14/h11-12,14H,5-10H2,1-4H3,(H,21,26). The van der Waals surface area contributed by atoms with E-state index in [1.54, 1.807) is 21.5 Å². The largest absolute Gasteiger partial charge is 0.494 e. The summed E-state index contributed by atoms with van der Waals surface area (Å²) in [5.41, 5.74) is 1.16. The van der Waals surface area contributed by atoms with E-state index in [1.807, 2.05) is 25.9 Å². The molecule has 152 valence electrons. The van der Waals surface area contributed by atoms with Crippen LogP contribution in [-0.2, 0) is 19.5 Å². The molecule has 9 nitrogen and oxygen atoms in total. The third-order valence-electron chi connectivity index (χ3n) is 4.98. The quantitative estimate of drug-likeness (QED) is 0.772. The number of pyridine rings is 1. The van der Waals surface area contributed by atoms with Crippen LogP contribution in [0.3, 0.4) is 0 Å². The number of hydrogen-bond acceptors (Lipinski definition) is 6. The maximum Gasteiger partial charge on any atom is 0.345 e. The van der Waals surface area contributed by atoms with Crippen molar-refractivity contribution in [3.05, 3.63) is 39.8 Å². The first-order valence-corrected chi connectivity index (χ1v) is 9.51. The van der Waals surface area contributed by atoms with Gasteiger partial charge in [-0.05, 0) is 39.9 Å². The Hall–Kier alpha value is -2.68. The van der Waals surface area contributed by atoms with Crippen molar-refractivity contribution in [3.63, 3.8) is 0 Å². The molecule has 1 unspecified atom stereocenters. The van der Waals surface area contributed by atoms with E-state index in [0.29, 0.717) is 37.2 Å². The van der Waals surface area contributed by atoms with Crippen LogP contribution in [0.4, 0.5) is 0 Å². The average molecular weight is 388 g/mol. The number of nitrogens with one attached hydrogen (secondary N) is 1. The lowest BCUT2D eigenvalue weighted by Crippen LogP contribution is -2.36. The van der Waals surface area contributed by atoms with Crippen molar-refractivity contribution in [3.8, 4) is 5.75 Å². The van der Waals surface area contributed by atoms with E-state index in [1.165, 1.54) is 7.11 Å². The number of likely N-dealkylation sites (N-methyl/N-ethyl adjacent to an activating group) is 1. The highest BCUT2D eigenvalue weighted by Gasteiger charge is 2.23. The normalized spacial score (nSPS) is 16.5. The lowest BCUT2D eigenvalue weighted by molar-refractivity contribution is 0.0929.